The van der Waals surface area contributed by atoms with E-state index in [4.69, 9.17) is 15.0 Å². The summed E-state index contributed by atoms with van der Waals surface area (Å²) in [5.74, 6) is 3.78. The van der Waals surface area contributed by atoms with Crippen molar-refractivity contribution in [2.45, 2.75) is 43.8 Å². The fourth-order valence-corrected chi connectivity index (χ4v) is 5.89. The van der Waals surface area contributed by atoms with Gasteiger partial charge in [-0.2, -0.15) is 5.10 Å². The molecule has 7 heterocycles. The Labute approximate surface area is 225 Å². The van der Waals surface area contributed by atoms with Gasteiger partial charge < -0.3 is 10.2 Å². The molecule has 4 aliphatic rings. The molecule has 2 N–H and O–H groups in total. The minimum absolute atomic E-state index is 0.533. The van der Waals surface area contributed by atoms with Gasteiger partial charge in [0.1, 0.15) is 18.0 Å². The van der Waals surface area contributed by atoms with Crippen molar-refractivity contribution in [3.63, 3.8) is 0 Å². The third-order valence-corrected chi connectivity index (χ3v) is 8.12. The average Bonchev–Trinajstić information content (AvgIpc) is 3.74. The van der Waals surface area contributed by atoms with Crippen LogP contribution in [0.5, 0.6) is 0 Å². The van der Waals surface area contributed by atoms with Crippen LogP contribution in [0.3, 0.4) is 0 Å². The number of hydrogen-bond acceptors (Lipinski definition) is 9. The summed E-state index contributed by atoms with van der Waals surface area (Å²) < 4.78 is 0. The van der Waals surface area contributed by atoms with Crippen molar-refractivity contribution >= 4 is 28.4 Å². The fraction of sp³-hybridized carbons (Fsp3) is 0.310. The number of piperidine rings is 1. The number of anilines is 3. The molecule has 2 atom stereocenters. The Kier molecular flexibility index (Phi) is 5.25. The van der Waals surface area contributed by atoms with Crippen LogP contribution >= 0.6 is 0 Å². The van der Waals surface area contributed by atoms with Gasteiger partial charge in [0.15, 0.2) is 11.6 Å². The molecule has 2 bridgehead atoms. The molecule has 0 amide bonds. The summed E-state index contributed by atoms with van der Waals surface area (Å²) in [6, 6.07) is 15.4. The number of nitrogens with one attached hydrogen (secondary N) is 2. The van der Waals surface area contributed by atoms with Crippen LogP contribution in [0.2, 0.25) is 0 Å². The molecule has 1 saturated carbocycles. The zero-order valence-corrected chi connectivity index (χ0v) is 21.4. The Balaban J connectivity index is 1.01. The third kappa shape index (κ3) is 4.26. The second-order valence-electron chi connectivity index (χ2n) is 10.8. The maximum atomic E-state index is 4.90. The summed E-state index contributed by atoms with van der Waals surface area (Å²) >= 11 is 0. The van der Waals surface area contributed by atoms with E-state index in [1.807, 2.05) is 42.9 Å². The number of nitrogens with zero attached hydrogens (tertiary/aromatic N) is 8. The summed E-state index contributed by atoms with van der Waals surface area (Å²) in [6.45, 7) is 2.86. The van der Waals surface area contributed by atoms with E-state index in [0.717, 1.165) is 53.6 Å². The van der Waals surface area contributed by atoms with Crippen molar-refractivity contribution < 1.29 is 0 Å². The van der Waals surface area contributed by atoms with Crippen LogP contribution in [-0.2, 0) is 6.54 Å². The number of fused-ring (bicyclic) bond motifs is 3. The van der Waals surface area contributed by atoms with Crippen LogP contribution in [0, 0.1) is 0 Å². The molecule has 3 saturated heterocycles. The molecule has 10 heteroatoms. The lowest BCUT2D eigenvalue weighted by atomic mass is 9.87. The van der Waals surface area contributed by atoms with Crippen LogP contribution in [0.4, 0.5) is 17.5 Å². The average molecular weight is 517 g/mol. The fourth-order valence-electron chi connectivity index (χ4n) is 5.89. The molecule has 0 spiro atoms. The van der Waals surface area contributed by atoms with Crippen LogP contribution in [0.15, 0.2) is 67.4 Å². The Hall–Kier alpha value is -4.44. The molecule has 39 heavy (non-hydrogen) atoms. The molecule has 194 valence electrons. The van der Waals surface area contributed by atoms with E-state index in [1.54, 1.807) is 6.33 Å². The van der Waals surface area contributed by atoms with Crippen LogP contribution in [0.25, 0.3) is 22.3 Å². The number of aromatic amines is 1. The zero-order chi connectivity index (χ0) is 25.8. The summed E-state index contributed by atoms with van der Waals surface area (Å²) in [6.07, 6.45) is 11.0. The van der Waals surface area contributed by atoms with Crippen molar-refractivity contribution in [1.29, 1.82) is 0 Å². The van der Waals surface area contributed by atoms with E-state index in [1.165, 1.54) is 30.5 Å². The maximum absolute atomic E-state index is 4.90. The highest BCUT2D eigenvalue weighted by molar-refractivity contribution is 5.92. The van der Waals surface area contributed by atoms with Gasteiger partial charge in [-0.25, -0.2) is 24.9 Å². The lowest BCUT2D eigenvalue weighted by molar-refractivity contribution is -0.00883. The van der Waals surface area contributed by atoms with E-state index in [-0.39, 0.29) is 0 Å². The molecule has 1 aliphatic carbocycles. The topological polar surface area (TPSA) is 112 Å². The first-order valence-corrected chi connectivity index (χ1v) is 13.6. The number of H-pyrrole nitrogens is 1. The van der Waals surface area contributed by atoms with Crippen molar-refractivity contribution in [3.05, 3.63) is 78.6 Å². The molecule has 10 nitrogen and oxygen atoms in total. The number of para-hydroxylation sites is 1. The Morgan fingerprint density at radius 2 is 1.79 bits per heavy atom. The molecule has 4 aromatic heterocycles. The first-order chi connectivity index (χ1) is 19.3. The SMILES string of the molecule is c1ccc2c(Nc3cc(C4CC4)[nH]n3)nc(-c3ccc(N4CC5CC(C4)N5Cc4cncnc4)nc3)nc2c1. The van der Waals surface area contributed by atoms with Gasteiger partial charge >= 0.3 is 0 Å². The number of pyridine rings is 1. The van der Waals surface area contributed by atoms with E-state index in [9.17, 15) is 0 Å². The smallest absolute Gasteiger partial charge is 0.163 e. The predicted molar refractivity (Wildman–Crippen MR) is 149 cm³/mol. The zero-order valence-electron chi connectivity index (χ0n) is 21.4. The Morgan fingerprint density at radius 3 is 2.59 bits per heavy atom. The number of rotatable bonds is 7. The van der Waals surface area contributed by atoms with Crippen molar-refractivity contribution in [3.8, 4) is 11.4 Å². The number of piperazine rings is 1. The van der Waals surface area contributed by atoms with E-state index >= 15 is 0 Å². The van der Waals surface area contributed by atoms with E-state index in [2.05, 4.69) is 53.5 Å². The summed E-state index contributed by atoms with van der Waals surface area (Å²) in [5, 5.41) is 12.0. The van der Waals surface area contributed by atoms with Gasteiger partial charge in [-0.15, -0.1) is 0 Å². The van der Waals surface area contributed by atoms with Crippen LogP contribution in [0.1, 0.15) is 36.4 Å². The number of aromatic nitrogens is 7. The molecule has 3 aliphatic heterocycles. The second-order valence-corrected chi connectivity index (χ2v) is 10.8. The third-order valence-electron chi connectivity index (χ3n) is 8.12. The van der Waals surface area contributed by atoms with Crippen molar-refractivity contribution in [2.75, 3.05) is 23.3 Å². The largest absolute Gasteiger partial charge is 0.353 e. The van der Waals surface area contributed by atoms with Gasteiger partial charge in [-0.1, -0.05) is 12.1 Å². The maximum Gasteiger partial charge on any atom is 0.163 e. The lowest BCUT2D eigenvalue weighted by Gasteiger charge is -2.56. The van der Waals surface area contributed by atoms with E-state index < -0.39 is 0 Å². The first-order valence-electron chi connectivity index (χ1n) is 13.6. The minimum Gasteiger partial charge on any atom is -0.353 e. The summed E-state index contributed by atoms with van der Waals surface area (Å²) in [5.41, 5.74) is 4.12. The standard InChI is InChI=1S/C29H28N10/c1-2-4-24-23(3-1)29(34-26-10-25(36-37-26)19-5-6-19)35-28(33-24)20-7-8-27(32-13-20)38-15-21-9-22(16-38)39(21)14-18-11-30-17-31-12-18/h1-4,7-8,10-13,17,19,21-22H,5-6,9,14-16H2,(H2,33,34,35,36,37). The summed E-state index contributed by atoms with van der Waals surface area (Å²) in [4.78, 5) is 27.9. The molecular formula is C29H28N10. The van der Waals surface area contributed by atoms with Crippen molar-refractivity contribution in [1.82, 2.24) is 40.0 Å². The molecule has 1 aromatic carbocycles. The Morgan fingerprint density at radius 1 is 0.949 bits per heavy atom. The van der Waals surface area contributed by atoms with Crippen molar-refractivity contribution in [2.24, 2.45) is 0 Å². The highest BCUT2D eigenvalue weighted by Gasteiger charge is 2.44. The highest BCUT2D eigenvalue weighted by atomic mass is 15.4. The Bertz CT molecular complexity index is 1620. The van der Waals surface area contributed by atoms with Gasteiger partial charge in [-0.3, -0.25) is 10.00 Å². The van der Waals surface area contributed by atoms with Crippen LogP contribution < -0.4 is 10.2 Å². The quantitative estimate of drug-likeness (QED) is 0.327. The van der Waals surface area contributed by atoms with E-state index in [0.29, 0.717) is 23.8 Å². The number of benzene rings is 1. The summed E-state index contributed by atoms with van der Waals surface area (Å²) in [7, 11) is 0. The predicted octanol–water partition coefficient (Wildman–Crippen LogP) is 4.29. The normalized spacial score (nSPS) is 20.7. The molecule has 0 radical (unpaired) electrons. The minimum atomic E-state index is 0.533. The monoisotopic (exact) mass is 516 g/mol. The first kappa shape index (κ1) is 22.5. The van der Waals surface area contributed by atoms with Gasteiger partial charge in [0.05, 0.1) is 5.52 Å². The second kappa shape index (κ2) is 9.09. The molecule has 9 rings (SSSR count). The lowest BCUT2D eigenvalue weighted by Crippen LogP contribution is -2.68. The highest BCUT2D eigenvalue weighted by Crippen LogP contribution is 2.40. The van der Waals surface area contributed by atoms with Gasteiger partial charge in [-0.05, 0) is 43.5 Å². The van der Waals surface area contributed by atoms with Gasteiger partial charge in [0.2, 0.25) is 0 Å². The molecular weight excluding hydrogens is 488 g/mol. The van der Waals surface area contributed by atoms with Gasteiger partial charge in [0.25, 0.3) is 0 Å². The molecule has 4 fully saturated rings. The van der Waals surface area contributed by atoms with Crippen LogP contribution in [-0.4, -0.2) is 65.2 Å². The molecule has 2 unspecified atom stereocenters. The number of hydrogen-bond donors (Lipinski definition) is 2. The molecule has 5 aromatic rings. The van der Waals surface area contributed by atoms with Gasteiger partial charge in [0, 0.05) is 84.5 Å².